The molecule has 0 bridgehead atoms. The molecule has 0 radical (unpaired) electrons. The molecular weight excluding hydrogens is 296 g/mol. The summed E-state index contributed by atoms with van der Waals surface area (Å²) in [6, 6.07) is 3.76. The Kier molecular flexibility index (Phi) is 6.25. The van der Waals surface area contributed by atoms with Crippen LogP contribution in [-0.4, -0.2) is 33.1 Å². The van der Waals surface area contributed by atoms with Crippen LogP contribution in [0, 0.1) is 23.0 Å². The maximum atomic E-state index is 12.1. The molecule has 0 aliphatic heterocycles. The summed E-state index contributed by atoms with van der Waals surface area (Å²) in [5, 5.41) is 10.7. The second kappa shape index (κ2) is 7.48. The number of nitrogens with one attached hydrogen (secondary N) is 1. The zero-order chi connectivity index (χ0) is 16.0. The predicted molar refractivity (Wildman–Crippen MR) is 78.7 cm³/mol. The van der Waals surface area contributed by atoms with Crippen LogP contribution in [0.3, 0.4) is 0 Å². The highest BCUT2D eigenvalue weighted by Gasteiger charge is 2.19. The van der Waals surface area contributed by atoms with E-state index >= 15 is 0 Å². The number of rotatable bonds is 8. The quantitative estimate of drug-likeness (QED) is 0.448. The van der Waals surface area contributed by atoms with Crippen molar-refractivity contribution in [1.29, 1.82) is 0 Å². The van der Waals surface area contributed by atoms with Crippen molar-refractivity contribution in [3.8, 4) is 0 Å². The minimum atomic E-state index is -3.78. The Hall–Kier alpha value is -1.51. The van der Waals surface area contributed by atoms with E-state index in [-0.39, 0.29) is 23.7 Å². The molecule has 0 aromatic heterocycles. The molecule has 0 saturated heterocycles. The molecule has 0 atom stereocenters. The Morgan fingerprint density at radius 2 is 2.05 bits per heavy atom. The van der Waals surface area contributed by atoms with Gasteiger partial charge in [0.1, 0.15) is 0 Å². The summed E-state index contributed by atoms with van der Waals surface area (Å²) >= 11 is 0. The van der Waals surface area contributed by atoms with Crippen LogP contribution in [0.15, 0.2) is 23.1 Å². The number of ether oxygens (including phenoxy) is 1. The first kappa shape index (κ1) is 17.5. The van der Waals surface area contributed by atoms with E-state index in [1.165, 1.54) is 12.1 Å². The number of nitro benzene ring substituents is 1. The topological polar surface area (TPSA) is 98.5 Å². The van der Waals surface area contributed by atoms with Crippen LogP contribution < -0.4 is 4.72 Å². The van der Waals surface area contributed by atoms with Crippen molar-refractivity contribution < 1.29 is 18.1 Å². The lowest BCUT2D eigenvalue weighted by Crippen LogP contribution is -2.28. The van der Waals surface area contributed by atoms with E-state index in [2.05, 4.69) is 4.72 Å². The molecule has 0 aliphatic rings. The highest BCUT2D eigenvalue weighted by atomic mass is 32.2. The van der Waals surface area contributed by atoms with Gasteiger partial charge in [-0.2, -0.15) is 0 Å². The molecule has 1 rings (SSSR count). The molecule has 0 fully saturated rings. The Labute approximate surface area is 124 Å². The van der Waals surface area contributed by atoms with Gasteiger partial charge >= 0.3 is 0 Å². The third-order valence-electron chi connectivity index (χ3n) is 2.66. The molecule has 0 spiro atoms. The van der Waals surface area contributed by atoms with Crippen molar-refractivity contribution >= 4 is 15.7 Å². The lowest BCUT2D eigenvalue weighted by molar-refractivity contribution is -0.385. The minimum Gasteiger partial charge on any atom is -0.380 e. The van der Waals surface area contributed by atoms with Crippen LogP contribution >= 0.6 is 0 Å². The summed E-state index contributed by atoms with van der Waals surface area (Å²) in [4.78, 5) is 10.0. The Bertz CT molecular complexity index is 599. The van der Waals surface area contributed by atoms with Crippen LogP contribution in [0.25, 0.3) is 0 Å². The van der Waals surface area contributed by atoms with Crippen LogP contribution in [0.1, 0.15) is 19.4 Å². The molecule has 0 aliphatic carbocycles. The SMILES string of the molecule is Cc1ccc([N+](=O)[O-])cc1S(=O)(=O)NCCOCC(C)C. The fourth-order valence-electron chi connectivity index (χ4n) is 1.64. The van der Waals surface area contributed by atoms with Crippen molar-refractivity contribution in [2.75, 3.05) is 19.8 Å². The molecule has 1 aromatic carbocycles. The summed E-state index contributed by atoms with van der Waals surface area (Å²) in [5.74, 6) is 0.376. The van der Waals surface area contributed by atoms with Gasteiger partial charge in [0.2, 0.25) is 10.0 Å². The zero-order valence-corrected chi connectivity index (χ0v) is 13.1. The average Bonchev–Trinajstić information content (AvgIpc) is 2.37. The minimum absolute atomic E-state index is 0.0828. The monoisotopic (exact) mass is 316 g/mol. The molecule has 21 heavy (non-hydrogen) atoms. The molecule has 7 nitrogen and oxygen atoms in total. The standard InChI is InChI=1S/C13H20N2O5S/c1-10(2)9-20-7-6-14-21(18,19)13-8-12(15(16)17)5-4-11(13)3/h4-5,8,10,14H,6-7,9H2,1-3H3. The Balaban J connectivity index is 2.74. The second-order valence-electron chi connectivity index (χ2n) is 5.07. The highest BCUT2D eigenvalue weighted by Crippen LogP contribution is 2.21. The van der Waals surface area contributed by atoms with E-state index in [1.807, 2.05) is 13.8 Å². The van der Waals surface area contributed by atoms with E-state index in [0.717, 1.165) is 6.07 Å². The number of benzene rings is 1. The average molecular weight is 316 g/mol. The van der Waals surface area contributed by atoms with E-state index in [1.54, 1.807) is 6.92 Å². The molecule has 118 valence electrons. The molecule has 0 saturated carbocycles. The van der Waals surface area contributed by atoms with Gasteiger partial charge in [0, 0.05) is 25.3 Å². The van der Waals surface area contributed by atoms with Crippen molar-refractivity contribution in [3.63, 3.8) is 0 Å². The molecule has 8 heteroatoms. The van der Waals surface area contributed by atoms with Gasteiger partial charge < -0.3 is 4.74 Å². The Morgan fingerprint density at radius 1 is 1.38 bits per heavy atom. The smallest absolute Gasteiger partial charge is 0.270 e. The van der Waals surface area contributed by atoms with Gasteiger partial charge in [-0.15, -0.1) is 0 Å². The van der Waals surface area contributed by atoms with Gasteiger partial charge in [-0.3, -0.25) is 10.1 Å². The van der Waals surface area contributed by atoms with E-state index in [0.29, 0.717) is 18.1 Å². The summed E-state index contributed by atoms with van der Waals surface area (Å²) in [7, 11) is -3.78. The zero-order valence-electron chi connectivity index (χ0n) is 12.3. The van der Waals surface area contributed by atoms with Gasteiger partial charge in [0.25, 0.3) is 5.69 Å². The largest absolute Gasteiger partial charge is 0.380 e. The number of nitro groups is 1. The van der Waals surface area contributed by atoms with Crippen LogP contribution in [0.4, 0.5) is 5.69 Å². The van der Waals surface area contributed by atoms with Crippen LogP contribution in [0.2, 0.25) is 0 Å². The number of nitrogens with zero attached hydrogens (tertiary/aromatic N) is 1. The maximum Gasteiger partial charge on any atom is 0.270 e. The normalized spacial score (nSPS) is 11.8. The van der Waals surface area contributed by atoms with Crippen molar-refractivity contribution in [2.45, 2.75) is 25.7 Å². The first-order valence-electron chi connectivity index (χ1n) is 6.56. The van der Waals surface area contributed by atoms with Gasteiger partial charge in [-0.05, 0) is 18.4 Å². The molecule has 0 unspecified atom stereocenters. The number of aryl methyl sites for hydroxylation is 1. The number of non-ortho nitro benzene ring substituents is 1. The molecule has 0 amide bonds. The van der Waals surface area contributed by atoms with E-state index in [9.17, 15) is 18.5 Å². The first-order valence-corrected chi connectivity index (χ1v) is 8.05. The summed E-state index contributed by atoms with van der Waals surface area (Å²) in [6.07, 6.45) is 0. The van der Waals surface area contributed by atoms with Crippen molar-refractivity contribution in [2.24, 2.45) is 5.92 Å². The fraction of sp³-hybridized carbons (Fsp3) is 0.538. The van der Waals surface area contributed by atoms with E-state index in [4.69, 9.17) is 4.74 Å². The van der Waals surface area contributed by atoms with Gasteiger partial charge in [-0.1, -0.05) is 19.9 Å². The lowest BCUT2D eigenvalue weighted by atomic mass is 10.2. The summed E-state index contributed by atoms with van der Waals surface area (Å²) < 4.78 is 31.9. The van der Waals surface area contributed by atoms with Crippen molar-refractivity contribution in [3.05, 3.63) is 33.9 Å². The molecule has 0 heterocycles. The highest BCUT2D eigenvalue weighted by molar-refractivity contribution is 7.89. The fourth-order valence-corrected chi connectivity index (χ4v) is 2.91. The Morgan fingerprint density at radius 3 is 2.62 bits per heavy atom. The summed E-state index contributed by atoms with van der Waals surface area (Å²) in [6.45, 7) is 6.51. The van der Waals surface area contributed by atoms with Crippen LogP contribution in [-0.2, 0) is 14.8 Å². The van der Waals surface area contributed by atoms with Gasteiger partial charge in [0.15, 0.2) is 0 Å². The molecule has 1 N–H and O–H groups in total. The van der Waals surface area contributed by atoms with E-state index < -0.39 is 14.9 Å². The third-order valence-corrected chi connectivity index (χ3v) is 4.26. The van der Waals surface area contributed by atoms with Crippen molar-refractivity contribution in [1.82, 2.24) is 4.72 Å². The first-order chi connectivity index (χ1) is 9.74. The number of hydrogen-bond acceptors (Lipinski definition) is 5. The number of hydrogen-bond donors (Lipinski definition) is 1. The third kappa shape index (κ3) is 5.41. The molecular formula is C13H20N2O5S. The summed E-state index contributed by atoms with van der Waals surface area (Å²) in [5.41, 5.74) is 0.202. The molecule has 1 aromatic rings. The second-order valence-corrected chi connectivity index (χ2v) is 6.81. The van der Waals surface area contributed by atoms with Crippen LogP contribution in [0.5, 0.6) is 0 Å². The predicted octanol–water partition coefficient (Wildman–Crippen LogP) is 1.85. The van der Waals surface area contributed by atoms with Gasteiger partial charge in [-0.25, -0.2) is 13.1 Å². The van der Waals surface area contributed by atoms with Gasteiger partial charge in [0.05, 0.1) is 16.4 Å². The maximum absolute atomic E-state index is 12.1. The lowest BCUT2D eigenvalue weighted by Gasteiger charge is -2.10. The number of sulfonamides is 1.